The van der Waals surface area contributed by atoms with Crippen molar-refractivity contribution in [1.29, 1.82) is 0 Å². The van der Waals surface area contributed by atoms with E-state index in [1.807, 2.05) is 0 Å². The van der Waals surface area contributed by atoms with Crippen LogP contribution in [0.5, 0.6) is 0 Å². The maximum Gasteiger partial charge on any atom is 0.0468 e. The number of para-hydroxylation sites is 1. The molecule has 10 aromatic carbocycles. The maximum absolute atomic E-state index is 2.33. The third kappa shape index (κ3) is 7.70. The standard InChI is InChI=1S/C58H41N/c1-5-13-44(14-6-1)47-29-32-57(33-30-47)59(56-19-11-4-12-20-56)58-34-31-49-36-43(24-26-52(49)41-58)22-21-42-23-25-50-37-51(28-27-48(50)35-42)55-39-53(45-15-7-2-8-16-45)38-54(40-55)46-17-9-3-10-18-46/h1-41H/b22-21+. The van der Waals surface area contributed by atoms with E-state index in [1.165, 1.54) is 77.2 Å². The SMILES string of the molecule is C(=C\c1ccc2cc(N(c3ccccc3)c3ccc(-c4ccccc4)cc3)ccc2c1)/c1ccc2cc(-c3cc(-c4ccccc4)cc(-c4ccccc4)c3)ccc2c1. The summed E-state index contributed by atoms with van der Waals surface area (Å²) in [7, 11) is 0. The molecule has 59 heavy (non-hydrogen) atoms. The first-order valence-corrected chi connectivity index (χ1v) is 20.2. The van der Waals surface area contributed by atoms with Crippen molar-refractivity contribution < 1.29 is 0 Å². The second-order valence-electron chi connectivity index (χ2n) is 15.1. The van der Waals surface area contributed by atoms with E-state index in [4.69, 9.17) is 0 Å². The fourth-order valence-electron chi connectivity index (χ4n) is 8.08. The summed E-state index contributed by atoms with van der Waals surface area (Å²) in [4.78, 5) is 2.33. The molecule has 0 spiro atoms. The second kappa shape index (κ2) is 16.0. The fourth-order valence-corrected chi connectivity index (χ4v) is 8.08. The number of anilines is 3. The summed E-state index contributed by atoms with van der Waals surface area (Å²) < 4.78 is 0. The molecule has 0 bridgehead atoms. The molecule has 10 aromatic rings. The van der Waals surface area contributed by atoms with Gasteiger partial charge in [0.25, 0.3) is 0 Å². The van der Waals surface area contributed by atoms with Gasteiger partial charge in [0.15, 0.2) is 0 Å². The van der Waals surface area contributed by atoms with Crippen LogP contribution >= 0.6 is 0 Å². The first-order chi connectivity index (χ1) is 29.2. The van der Waals surface area contributed by atoms with Crippen LogP contribution in [0.25, 0.3) is 78.2 Å². The molecule has 0 unspecified atom stereocenters. The molecule has 0 saturated carbocycles. The van der Waals surface area contributed by atoms with Crippen molar-refractivity contribution >= 4 is 50.8 Å². The summed E-state index contributed by atoms with van der Waals surface area (Å²) in [5.74, 6) is 0. The molecule has 0 atom stereocenters. The van der Waals surface area contributed by atoms with E-state index in [2.05, 4.69) is 254 Å². The molecule has 0 aliphatic heterocycles. The molecule has 0 aliphatic rings. The van der Waals surface area contributed by atoms with E-state index < -0.39 is 0 Å². The average Bonchev–Trinajstić information content (AvgIpc) is 3.32. The number of hydrogen-bond acceptors (Lipinski definition) is 1. The molecule has 0 aliphatic carbocycles. The van der Waals surface area contributed by atoms with Crippen molar-refractivity contribution in [3.63, 3.8) is 0 Å². The maximum atomic E-state index is 2.33. The lowest BCUT2D eigenvalue weighted by Crippen LogP contribution is -2.09. The summed E-state index contributed by atoms with van der Waals surface area (Å²) in [6, 6.07) is 85.3. The van der Waals surface area contributed by atoms with Gasteiger partial charge in [-0.05, 0) is 150 Å². The van der Waals surface area contributed by atoms with Crippen LogP contribution in [0.2, 0.25) is 0 Å². The molecule has 0 amide bonds. The highest BCUT2D eigenvalue weighted by molar-refractivity contribution is 5.93. The van der Waals surface area contributed by atoms with Crippen LogP contribution in [-0.2, 0) is 0 Å². The quantitative estimate of drug-likeness (QED) is 0.133. The molecule has 0 aromatic heterocycles. The molecule has 1 heteroatoms. The van der Waals surface area contributed by atoms with Gasteiger partial charge in [-0.15, -0.1) is 0 Å². The van der Waals surface area contributed by atoms with Crippen LogP contribution in [-0.4, -0.2) is 0 Å². The Bertz CT molecular complexity index is 3000. The molecule has 0 radical (unpaired) electrons. The van der Waals surface area contributed by atoms with Gasteiger partial charge in [0.05, 0.1) is 0 Å². The molecule has 0 heterocycles. The zero-order chi connectivity index (χ0) is 39.4. The van der Waals surface area contributed by atoms with Crippen molar-refractivity contribution in [2.45, 2.75) is 0 Å². The Hall–Kier alpha value is -7.74. The molecule has 0 fully saturated rings. The minimum atomic E-state index is 1.12. The number of benzene rings is 10. The van der Waals surface area contributed by atoms with E-state index in [9.17, 15) is 0 Å². The lowest BCUT2D eigenvalue weighted by atomic mass is 9.92. The summed E-state index contributed by atoms with van der Waals surface area (Å²) in [6.45, 7) is 0. The molecule has 278 valence electrons. The predicted molar refractivity (Wildman–Crippen MR) is 253 cm³/mol. The second-order valence-corrected chi connectivity index (χ2v) is 15.1. The minimum absolute atomic E-state index is 1.12. The van der Waals surface area contributed by atoms with Gasteiger partial charge >= 0.3 is 0 Å². The molecule has 0 N–H and O–H groups in total. The van der Waals surface area contributed by atoms with Gasteiger partial charge in [0.1, 0.15) is 0 Å². The van der Waals surface area contributed by atoms with Crippen LogP contribution in [0, 0.1) is 0 Å². The Kier molecular flexibility index (Phi) is 9.68. The van der Waals surface area contributed by atoms with E-state index in [1.54, 1.807) is 0 Å². The van der Waals surface area contributed by atoms with Crippen molar-refractivity contribution in [3.05, 3.63) is 248 Å². The van der Waals surface area contributed by atoms with Crippen molar-refractivity contribution in [2.24, 2.45) is 0 Å². The Morgan fingerprint density at radius 2 is 0.576 bits per heavy atom. The van der Waals surface area contributed by atoms with Crippen LogP contribution < -0.4 is 4.90 Å². The normalized spacial score (nSPS) is 11.3. The van der Waals surface area contributed by atoms with Crippen molar-refractivity contribution in [3.8, 4) is 44.5 Å². The third-order valence-electron chi connectivity index (χ3n) is 11.2. The van der Waals surface area contributed by atoms with Gasteiger partial charge in [-0.1, -0.05) is 176 Å². The van der Waals surface area contributed by atoms with E-state index in [0.717, 1.165) is 17.1 Å². The van der Waals surface area contributed by atoms with E-state index in [-0.39, 0.29) is 0 Å². The number of hydrogen-bond donors (Lipinski definition) is 0. The Balaban J connectivity index is 0.907. The summed E-state index contributed by atoms with van der Waals surface area (Å²) in [6.07, 6.45) is 4.43. The minimum Gasteiger partial charge on any atom is -0.310 e. The van der Waals surface area contributed by atoms with E-state index in [0.29, 0.717) is 0 Å². The van der Waals surface area contributed by atoms with Crippen LogP contribution in [0.4, 0.5) is 17.1 Å². The highest BCUT2D eigenvalue weighted by Gasteiger charge is 2.14. The Morgan fingerprint density at radius 3 is 1.12 bits per heavy atom. The molecular weight excluding hydrogens is 711 g/mol. The zero-order valence-corrected chi connectivity index (χ0v) is 32.6. The number of nitrogens with zero attached hydrogens (tertiary/aromatic N) is 1. The Morgan fingerprint density at radius 1 is 0.220 bits per heavy atom. The molecule has 10 rings (SSSR count). The van der Waals surface area contributed by atoms with Gasteiger partial charge in [-0.25, -0.2) is 0 Å². The summed E-state index contributed by atoms with van der Waals surface area (Å²) in [5, 5.41) is 4.86. The van der Waals surface area contributed by atoms with Gasteiger partial charge < -0.3 is 4.90 Å². The first kappa shape index (κ1) is 35.7. The molecular formula is C58H41N. The van der Waals surface area contributed by atoms with Gasteiger partial charge in [0.2, 0.25) is 0 Å². The molecule has 1 nitrogen and oxygen atoms in total. The van der Waals surface area contributed by atoms with Gasteiger partial charge in [-0.2, -0.15) is 0 Å². The van der Waals surface area contributed by atoms with E-state index >= 15 is 0 Å². The third-order valence-corrected chi connectivity index (χ3v) is 11.2. The number of fused-ring (bicyclic) bond motifs is 2. The summed E-state index contributed by atoms with van der Waals surface area (Å²) in [5.41, 5.74) is 15.4. The highest BCUT2D eigenvalue weighted by atomic mass is 15.1. The van der Waals surface area contributed by atoms with Crippen LogP contribution in [0.3, 0.4) is 0 Å². The molecule has 0 saturated heterocycles. The topological polar surface area (TPSA) is 3.24 Å². The van der Waals surface area contributed by atoms with Gasteiger partial charge in [0, 0.05) is 17.1 Å². The largest absolute Gasteiger partial charge is 0.310 e. The first-order valence-electron chi connectivity index (χ1n) is 20.2. The predicted octanol–water partition coefficient (Wildman–Crippen LogP) is 16.3. The van der Waals surface area contributed by atoms with Crippen molar-refractivity contribution in [2.75, 3.05) is 4.90 Å². The monoisotopic (exact) mass is 751 g/mol. The highest BCUT2D eigenvalue weighted by Crippen LogP contribution is 2.38. The lowest BCUT2D eigenvalue weighted by molar-refractivity contribution is 1.29. The number of rotatable bonds is 9. The lowest BCUT2D eigenvalue weighted by Gasteiger charge is -2.26. The smallest absolute Gasteiger partial charge is 0.0468 e. The Labute approximate surface area is 346 Å². The van der Waals surface area contributed by atoms with Crippen LogP contribution in [0.1, 0.15) is 11.1 Å². The van der Waals surface area contributed by atoms with Crippen molar-refractivity contribution in [1.82, 2.24) is 0 Å². The summed E-state index contributed by atoms with van der Waals surface area (Å²) >= 11 is 0. The van der Waals surface area contributed by atoms with Gasteiger partial charge in [-0.3, -0.25) is 0 Å². The van der Waals surface area contributed by atoms with Crippen LogP contribution in [0.15, 0.2) is 237 Å². The average molecular weight is 752 g/mol. The zero-order valence-electron chi connectivity index (χ0n) is 32.6. The fraction of sp³-hybridized carbons (Fsp3) is 0.